The van der Waals surface area contributed by atoms with Gasteiger partial charge in [-0.05, 0) is 29.8 Å². The molecule has 0 N–H and O–H groups in total. The highest BCUT2D eigenvalue weighted by atomic mass is 19.3. The molecule has 0 aliphatic heterocycles. The monoisotopic (exact) mass is 379 g/mol. The molecule has 0 saturated carbocycles. The van der Waals surface area contributed by atoms with Gasteiger partial charge in [0, 0.05) is 18.6 Å². The number of nitrogens with zero attached hydrogens (tertiary/aromatic N) is 1. The molecule has 0 unspecified atom stereocenters. The first-order chi connectivity index (χ1) is 12.7. The third-order valence-electron chi connectivity index (χ3n) is 3.88. The fraction of sp³-hybridized carbons (Fsp3) is 0.263. The first-order valence-corrected chi connectivity index (χ1v) is 7.86. The van der Waals surface area contributed by atoms with Crippen molar-refractivity contribution in [2.45, 2.75) is 12.8 Å². The summed E-state index contributed by atoms with van der Waals surface area (Å²) in [6, 6.07) is 6.67. The third kappa shape index (κ3) is 4.52. The third-order valence-corrected chi connectivity index (χ3v) is 3.88. The Kier molecular flexibility index (Phi) is 5.99. The van der Waals surface area contributed by atoms with Gasteiger partial charge in [0.1, 0.15) is 0 Å². The molecule has 6 nitrogen and oxygen atoms in total. The standard InChI is InChI=1S/C19H19F2NO5/c1-19(20,21)14-8-7-13(15(11-14)22(23)24)6-5-12-9-16(25-2)18(27-4)17(10-12)26-3/h5-11H,1-4H3. The first kappa shape index (κ1) is 20.2. The maximum absolute atomic E-state index is 13.4. The van der Waals surface area contributed by atoms with Crippen LogP contribution in [0.15, 0.2) is 30.3 Å². The molecule has 0 heterocycles. The van der Waals surface area contributed by atoms with Crippen LogP contribution in [-0.2, 0) is 5.92 Å². The molecule has 0 spiro atoms. The number of hydrogen-bond acceptors (Lipinski definition) is 5. The SMILES string of the molecule is COc1cc(C=Cc2ccc(C(C)(F)F)cc2[N+](=O)[O-])cc(OC)c1OC. The number of alkyl halides is 2. The average molecular weight is 379 g/mol. The van der Waals surface area contributed by atoms with Gasteiger partial charge in [0.05, 0.1) is 31.8 Å². The normalized spacial score (nSPS) is 11.5. The van der Waals surface area contributed by atoms with Crippen molar-refractivity contribution < 1.29 is 27.9 Å². The van der Waals surface area contributed by atoms with Crippen molar-refractivity contribution in [3.05, 3.63) is 57.1 Å². The molecule has 0 radical (unpaired) electrons. The van der Waals surface area contributed by atoms with Crippen molar-refractivity contribution in [3.8, 4) is 17.2 Å². The van der Waals surface area contributed by atoms with Crippen molar-refractivity contribution in [1.82, 2.24) is 0 Å². The number of halogens is 2. The number of benzene rings is 2. The first-order valence-electron chi connectivity index (χ1n) is 7.86. The molecule has 0 bridgehead atoms. The Bertz CT molecular complexity index is 850. The summed E-state index contributed by atoms with van der Waals surface area (Å²) in [6.45, 7) is 0.692. The predicted octanol–water partition coefficient (Wildman–Crippen LogP) is 4.90. The van der Waals surface area contributed by atoms with Gasteiger partial charge in [0.25, 0.3) is 11.6 Å². The fourth-order valence-corrected chi connectivity index (χ4v) is 2.50. The highest BCUT2D eigenvalue weighted by molar-refractivity contribution is 5.76. The Morgan fingerprint density at radius 1 is 1.00 bits per heavy atom. The van der Waals surface area contributed by atoms with Crippen LogP contribution >= 0.6 is 0 Å². The zero-order valence-corrected chi connectivity index (χ0v) is 15.3. The minimum Gasteiger partial charge on any atom is -0.493 e. The maximum atomic E-state index is 13.4. The lowest BCUT2D eigenvalue weighted by Crippen LogP contribution is -2.07. The van der Waals surface area contributed by atoms with E-state index in [0.29, 0.717) is 29.7 Å². The molecule has 8 heteroatoms. The van der Waals surface area contributed by atoms with E-state index in [-0.39, 0.29) is 5.56 Å². The van der Waals surface area contributed by atoms with E-state index in [1.54, 1.807) is 18.2 Å². The van der Waals surface area contributed by atoms with Crippen molar-refractivity contribution in [3.63, 3.8) is 0 Å². The number of nitro groups is 1. The zero-order valence-electron chi connectivity index (χ0n) is 15.3. The summed E-state index contributed by atoms with van der Waals surface area (Å²) in [5.41, 5.74) is 0.00213. The summed E-state index contributed by atoms with van der Waals surface area (Å²) in [5.74, 6) is -1.90. The maximum Gasteiger partial charge on any atom is 0.277 e. The van der Waals surface area contributed by atoms with E-state index in [1.165, 1.54) is 39.5 Å². The lowest BCUT2D eigenvalue weighted by Gasteiger charge is -2.13. The van der Waals surface area contributed by atoms with Crippen LogP contribution in [0.4, 0.5) is 14.5 Å². The van der Waals surface area contributed by atoms with Gasteiger partial charge in [-0.25, -0.2) is 8.78 Å². The summed E-state index contributed by atoms with van der Waals surface area (Å²) in [4.78, 5) is 10.6. The van der Waals surface area contributed by atoms with Gasteiger partial charge < -0.3 is 14.2 Å². The zero-order chi connectivity index (χ0) is 20.2. The second kappa shape index (κ2) is 8.03. The number of ether oxygens (including phenoxy) is 3. The molecule has 144 valence electrons. The summed E-state index contributed by atoms with van der Waals surface area (Å²) in [5, 5.41) is 11.3. The van der Waals surface area contributed by atoms with E-state index in [1.807, 2.05) is 0 Å². The lowest BCUT2D eigenvalue weighted by molar-refractivity contribution is -0.385. The molecular weight excluding hydrogens is 360 g/mol. The van der Waals surface area contributed by atoms with E-state index in [2.05, 4.69) is 0 Å². The predicted molar refractivity (Wildman–Crippen MR) is 97.7 cm³/mol. The molecule has 2 aromatic rings. The Hall–Kier alpha value is -3.16. The molecule has 0 amide bonds. The van der Waals surface area contributed by atoms with Crippen LogP contribution in [0.3, 0.4) is 0 Å². The average Bonchev–Trinajstić information content (AvgIpc) is 2.64. The smallest absolute Gasteiger partial charge is 0.277 e. The molecule has 0 aliphatic carbocycles. The molecular formula is C19H19F2NO5. The second-order valence-corrected chi connectivity index (χ2v) is 5.71. The number of nitro benzene ring substituents is 1. The van der Waals surface area contributed by atoms with Gasteiger partial charge in [0.15, 0.2) is 11.5 Å². The Morgan fingerprint density at radius 2 is 1.59 bits per heavy atom. The van der Waals surface area contributed by atoms with Gasteiger partial charge in [-0.1, -0.05) is 12.1 Å². The lowest BCUT2D eigenvalue weighted by atomic mass is 10.0. The van der Waals surface area contributed by atoms with Crippen LogP contribution in [-0.4, -0.2) is 26.3 Å². The van der Waals surface area contributed by atoms with Crippen LogP contribution in [0.2, 0.25) is 0 Å². The van der Waals surface area contributed by atoms with Crippen molar-refractivity contribution in [2.24, 2.45) is 0 Å². The summed E-state index contributed by atoms with van der Waals surface area (Å²) < 4.78 is 42.6. The Morgan fingerprint density at radius 3 is 2.04 bits per heavy atom. The van der Waals surface area contributed by atoms with Crippen molar-refractivity contribution in [1.29, 1.82) is 0 Å². The number of methoxy groups -OCH3 is 3. The van der Waals surface area contributed by atoms with Gasteiger partial charge in [0.2, 0.25) is 5.75 Å². The van der Waals surface area contributed by atoms with Gasteiger partial charge in [-0.2, -0.15) is 0 Å². The van der Waals surface area contributed by atoms with E-state index >= 15 is 0 Å². The number of rotatable bonds is 7. The molecule has 2 rings (SSSR count). The Balaban J connectivity index is 2.47. The number of hydrogen-bond donors (Lipinski definition) is 0. The minimum absolute atomic E-state index is 0.196. The van der Waals surface area contributed by atoms with E-state index < -0.39 is 22.1 Å². The highest BCUT2D eigenvalue weighted by Crippen LogP contribution is 2.39. The van der Waals surface area contributed by atoms with Crippen molar-refractivity contribution >= 4 is 17.8 Å². The van der Waals surface area contributed by atoms with Gasteiger partial charge in [-0.15, -0.1) is 0 Å². The fourth-order valence-electron chi connectivity index (χ4n) is 2.50. The summed E-state index contributed by atoms with van der Waals surface area (Å²) in [7, 11) is 4.42. The van der Waals surface area contributed by atoms with E-state index in [0.717, 1.165) is 6.07 Å². The minimum atomic E-state index is -3.16. The summed E-state index contributed by atoms with van der Waals surface area (Å²) >= 11 is 0. The van der Waals surface area contributed by atoms with Crippen LogP contribution in [0.1, 0.15) is 23.6 Å². The molecule has 0 aromatic heterocycles. The second-order valence-electron chi connectivity index (χ2n) is 5.71. The van der Waals surface area contributed by atoms with Crippen LogP contribution in [0.25, 0.3) is 12.2 Å². The topological polar surface area (TPSA) is 70.8 Å². The largest absolute Gasteiger partial charge is 0.493 e. The van der Waals surface area contributed by atoms with Gasteiger partial charge >= 0.3 is 0 Å². The van der Waals surface area contributed by atoms with Gasteiger partial charge in [-0.3, -0.25) is 10.1 Å². The highest BCUT2D eigenvalue weighted by Gasteiger charge is 2.27. The molecule has 0 fully saturated rings. The van der Waals surface area contributed by atoms with Crippen LogP contribution < -0.4 is 14.2 Å². The summed E-state index contributed by atoms with van der Waals surface area (Å²) in [6.07, 6.45) is 3.06. The molecule has 2 aromatic carbocycles. The molecule has 27 heavy (non-hydrogen) atoms. The molecule has 0 aliphatic rings. The molecule has 0 saturated heterocycles. The Labute approximate surface area is 155 Å². The van der Waals surface area contributed by atoms with Crippen molar-refractivity contribution in [2.75, 3.05) is 21.3 Å². The van der Waals surface area contributed by atoms with Crippen LogP contribution in [0.5, 0.6) is 17.2 Å². The van der Waals surface area contributed by atoms with E-state index in [9.17, 15) is 18.9 Å². The van der Waals surface area contributed by atoms with Crippen LogP contribution in [0, 0.1) is 10.1 Å². The van der Waals surface area contributed by atoms with E-state index in [4.69, 9.17) is 14.2 Å². The quantitative estimate of drug-likeness (QED) is 0.389. The molecule has 0 atom stereocenters.